The van der Waals surface area contributed by atoms with E-state index >= 15 is 0 Å². The molecule has 0 aliphatic rings. The van der Waals surface area contributed by atoms with Gasteiger partial charge in [-0.2, -0.15) is 0 Å². The summed E-state index contributed by atoms with van der Waals surface area (Å²) in [5.74, 6) is -1.20. The van der Waals surface area contributed by atoms with E-state index in [2.05, 4.69) is 10.3 Å². The van der Waals surface area contributed by atoms with Crippen LogP contribution in [0.3, 0.4) is 0 Å². The Hall–Kier alpha value is -2.94. The van der Waals surface area contributed by atoms with Crippen LogP contribution in [0.15, 0.2) is 30.5 Å². The number of para-hydroxylation sites is 1. The van der Waals surface area contributed by atoms with Crippen LogP contribution in [-0.2, 0) is 20.7 Å². The highest BCUT2D eigenvalue weighted by Gasteiger charge is 2.15. The first kappa shape index (κ1) is 18.4. The number of primary amides is 1. The lowest BCUT2D eigenvalue weighted by Gasteiger charge is -2.09. The quantitative estimate of drug-likeness (QED) is 0.683. The topological polar surface area (TPSA) is 121 Å². The van der Waals surface area contributed by atoms with Gasteiger partial charge < -0.3 is 15.2 Å². The van der Waals surface area contributed by atoms with Gasteiger partial charge in [0.15, 0.2) is 11.7 Å². The monoisotopic (exact) mass is 363 g/mol. The van der Waals surface area contributed by atoms with Crippen LogP contribution in [0.2, 0.25) is 0 Å². The Morgan fingerprint density at radius 2 is 2.04 bits per heavy atom. The lowest BCUT2D eigenvalue weighted by atomic mass is 10.2. The van der Waals surface area contributed by atoms with E-state index in [1.54, 1.807) is 31.2 Å². The van der Waals surface area contributed by atoms with Gasteiger partial charge in [-0.05, 0) is 19.1 Å². The maximum absolute atomic E-state index is 12.4. The van der Waals surface area contributed by atoms with Crippen molar-refractivity contribution in [3.63, 3.8) is 0 Å². The summed E-state index contributed by atoms with van der Waals surface area (Å²) in [5, 5.41) is 2.97. The minimum Gasteiger partial charge on any atom is -0.483 e. The molecule has 8 nitrogen and oxygen atoms in total. The van der Waals surface area contributed by atoms with Crippen LogP contribution in [0.25, 0.3) is 0 Å². The summed E-state index contributed by atoms with van der Waals surface area (Å²) in [6, 6.07) is 6.46. The fraction of sp³-hybridized carbons (Fsp3) is 0.250. The van der Waals surface area contributed by atoms with Crippen LogP contribution in [0.5, 0.6) is 5.75 Å². The molecule has 0 fully saturated rings. The van der Waals surface area contributed by atoms with E-state index < -0.39 is 11.8 Å². The maximum Gasteiger partial charge on any atom is 0.311 e. The molecule has 1 aromatic carbocycles. The lowest BCUT2D eigenvalue weighted by Crippen LogP contribution is -2.21. The molecular weight excluding hydrogens is 346 g/mol. The maximum atomic E-state index is 12.4. The minimum atomic E-state index is -0.640. The molecular formula is C16H17N3O5S. The van der Waals surface area contributed by atoms with Crippen LogP contribution in [0.4, 0.5) is 5.13 Å². The number of rotatable bonds is 8. The summed E-state index contributed by atoms with van der Waals surface area (Å²) >= 11 is 1.18. The predicted octanol–water partition coefficient (Wildman–Crippen LogP) is 1.37. The van der Waals surface area contributed by atoms with E-state index in [1.807, 2.05) is 0 Å². The second-order valence-corrected chi connectivity index (χ2v) is 5.93. The number of aromatic nitrogens is 1. The summed E-state index contributed by atoms with van der Waals surface area (Å²) in [7, 11) is 0. The second-order valence-electron chi connectivity index (χ2n) is 4.82. The third-order valence-electron chi connectivity index (χ3n) is 2.90. The number of amides is 2. The SMILES string of the molecule is CCOC(=O)Cc1cnc(NC(=O)c2ccccc2OCC(N)=O)s1. The Morgan fingerprint density at radius 3 is 2.76 bits per heavy atom. The molecule has 1 aromatic heterocycles. The Balaban J connectivity index is 2.04. The van der Waals surface area contributed by atoms with Gasteiger partial charge in [0.2, 0.25) is 0 Å². The zero-order chi connectivity index (χ0) is 18.2. The van der Waals surface area contributed by atoms with Gasteiger partial charge in [0.1, 0.15) is 5.75 Å². The van der Waals surface area contributed by atoms with Crippen molar-refractivity contribution in [2.24, 2.45) is 5.73 Å². The van der Waals surface area contributed by atoms with Crippen LogP contribution >= 0.6 is 11.3 Å². The molecule has 0 saturated heterocycles. The van der Waals surface area contributed by atoms with Crippen molar-refractivity contribution in [3.8, 4) is 5.75 Å². The Bertz CT molecular complexity index is 775. The molecule has 0 aliphatic heterocycles. The molecule has 9 heteroatoms. The molecule has 132 valence electrons. The zero-order valence-electron chi connectivity index (χ0n) is 13.5. The first-order valence-corrected chi connectivity index (χ1v) is 8.23. The van der Waals surface area contributed by atoms with E-state index in [4.69, 9.17) is 15.2 Å². The van der Waals surface area contributed by atoms with Gasteiger partial charge in [-0.15, -0.1) is 11.3 Å². The van der Waals surface area contributed by atoms with Gasteiger partial charge in [-0.1, -0.05) is 12.1 Å². The number of nitrogens with one attached hydrogen (secondary N) is 1. The van der Waals surface area contributed by atoms with Gasteiger partial charge >= 0.3 is 5.97 Å². The number of anilines is 1. The predicted molar refractivity (Wildman–Crippen MR) is 91.5 cm³/mol. The van der Waals surface area contributed by atoms with Crippen molar-refractivity contribution in [1.29, 1.82) is 0 Å². The van der Waals surface area contributed by atoms with E-state index in [0.29, 0.717) is 16.6 Å². The molecule has 0 atom stereocenters. The number of ether oxygens (including phenoxy) is 2. The largest absolute Gasteiger partial charge is 0.483 e. The average molecular weight is 363 g/mol. The van der Waals surface area contributed by atoms with E-state index in [-0.39, 0.29) is 30.3 Å². The summed E-state index contributed by atoms with van der Waals surface area (Å²) in [6.07, 6.45) is 1.60. The molecule has 2 aromatic rings. The molecule has 3 N–H and O–H groups in total. The van der Waals surface area contributed by atoms with E-state index in [9.17, 15) is 14.4 Å². The van der Waals surface area contributed by atoms with Crippen molar-refractivity contribution < 1.29 is 23.9 Å². The fourth-order valence-electron chi connectivity index (χ4n) is 1.89. The molecule has 2 amide bonds. The number of nitrogens with two attached hydrogens (primary N) is 1. The van der Waals surface area contributed by atoms with Gasteiger partial charge in [-0.3, -0.25) is 19.7 Å². The number of nitrogens with zero attached hydrogens (tertiary/aromatic N) is 1. The molecule has 1 heterocycles. The average Bonchev–Trinajstić information content (AvgIpc) is 3.00. The number of benzene rings is 1. The number of esters is 1. The van der Waals surface area contributed by atoms with Crippen molar-refractivity contribution in [2.75, 3.05) is 18.5 Å². The van der Waals surface area contributed by atoms with Crippen molar-refractivity contribution in [2.45, 2.75) is 13.3 Å². The van der Waals surface area contributed by atoms with Crippen molar-refractivity contribution in [1.82, 2.24) is 4.98 Å². The zero-order valence-corrected chi connectivity index (χ0v) is 14.3. The van der Waals surface area contributed by atoms with Crippen molar-refractivity contribution >= 4 is 34.3 Å². The van der Waals surface area contributed by atoms with Gasteiger partial charge in [0.25, 0.3) is 11.8 Å². The smallest absolute Gasteiger partial charge is 0.311 e. The Kier molecular flexibility index (Phi) is 6.47. The van der Waals surface area contributed by atoms with Crippen LogP contribution in [-0.4, -0.2) is 36.0 Å². The summed E-state index contributed by atoms with van der Waals surface area (Å²) < 4.78 is 10.1. The molecule has 0 aliphatic carbocycles. The molecule has 0 unspecified atom stereocenters. The number of carbonyl (C=O) groups excluding carboxylic acids is 3. The van der Waals surface area contributed by atoms with Crippen LogP contribution < -0.4 is 15.8 Å². The first-order chi connectivity index (χ1) is 12.0. The standard InChI is InChI=1S/C16H17N3O5S/c1-2-23-14(21)7-10-8-18-16(25-10)19-15(22)11-5-3-4-6-12(11)24-9-13(17)20/h3-6,8H,2,7,9H2,1H3,(H2,17,20)(H,18,19,22). The molecule has 0 spiro atoms. The highest BCUT2D eigenvalue weighted by atomic mass is 32.1. The number of carbonyl (C=O) groups is 3. The Labute approximate surface area is 148 Å². The summed E-state index contributed by atoms with van der Waals surface area (Å²) in [5.41, 5.74) is 5.28. The minimum absolute atomic E-state index is 0.0969. The third-order valence-corrected chi connectivity index (χ3v) is 3.81. The highest BCUT2D eigenvalue weighted by Crippen LogP contribution is 2.23. The number of hydrogen-bond donors (Lipinski definition) is 2. The van der Waals surface area contributed by atoms with E-state index in [1.165, 1.54) is 17.5 Å². The molecule has 0 radical (unpaired) electrons. The summed E-state index contributed by atoms with van der Waals surface area (Å²) in [6.45, 7) is 1.71. The first-order valence-electron chi connectivity index (χ1n) is 7.41. The van der Waals surface area contributed by atoms with Crippen LogP contribution in [0.1, 0.15) is 22.2 Å². The van der Waals surface area contributed by atoms with Gasteiger partial charge in [0.05, 0.1) is 18.6 Å². The second kappa shape index (κ2) is 8.78. The van der Waals surface area contributed by atoms with Crippen molar-refractivity contribution in [3.05, 3.63) is 40.9 Å². The van der Waals surface area contributed by atoms with Gasteiger partial charge in [-0.25, -0.2) is 4.98 Å². The van der Waals surface area contributed by atoms with Crippen LogP contribution in [0, 0.1) is 0 Å². The molecule has 25 heavy (non-hydrogen) atoms. The number of hydrogen-bond acceptors (Lipinski definition) is 7. The fourth-order valence-corrected chi connectivity index (χ4v) is 2.69. The molecule has 0 saturated carbocycles. The number of thiazole rings is 1. The summed E-state index contributed by atoms with van der Waals surface area (Å²) in [4.78, 5) is 39.4. The third kappa shape index (κ3) is 5.57. The van der Waals surface area contributed by atoms with Gasteiger partial charge in [0, 0.05) is 11.1 Å². The Morgan fingerprint density at radius 1 is 1.28 bits per heavy atom. The lowest BCUT2D eigenvalue weighted by molar-refractivity contribution is -0.142. The molecule has 2 rings (SSSR count). The highest BCUT2D eigenvalue weighted by molar-refractivity contribution is 7.15. The normalized spacial score (nSPS) is 10.1. The van der Waals surface area contributed by atoms with E-state index in [0.717, 1.165) is 0 Å². The molecule has 0 bridgehead atoms.